The fraction of sp³-hybridized carbons (Fsp3) is 0.360. The summed E-state index contributed by atoms with van der Waals surface area (Å²) in [7, 11) is 0. The number of nitrogens with zero attached hydrogens (tertiary/aromatic N) is 1. The number of hydrogen-bond donors (Lipinski definition) is 1. The van der Waals surface area contributed by atoms with Gasteiger partial charge in [-0.25, -0.2) is 14.2 Å². The number of rotatable bonds is 8. The van der Waals surface area contributed by atoms with Gasteiger partial charge in [0.05, 0.1) is 31.0 Å². The lowest BCUT2D eigenvalue weighted by Crippen LogP contribution is -2.26. The lowest BCUT2D eigenvalue weighted by Gasteiger charge is -2.28. The van der Waals surface area contributed by atoms with Crippen LogP contribution in [0.4, 0.5) is 4.39 Å². The number of hydrogen-bond acceptors (Lipinski definition) is 5. The maximum absolute atomic E-state index is 13.1. The number of oxazole rings is 1. The standard InChI is InChI=1S/C25H26FNO5/c1-16-3-2-4-18(23(16)25(28)29)13-30-21-9-11-22(12-10-21)31-14-20-15-32-24(27-20)17-5-7-19(26)8-6-17/h2-8,15,21-22H,9-14H2,1H3,(H,28,29). The van der Waals surface area contributed by atoms with Crippen LogP contribution < -0.4 is 0 Å². The van der Waals surface area contributed by atoms with Crippen molar-refractivity contribution in [3.8, 4) is 11.5 Å². The average Bonchev–Trinajstić information content (AvgIpc) is 3.26. The summed E-state index contributed by atoms with van der Waals surface area (Å²) in [4.78, 5) is 15.9. The molecule has 0 atom stereocenters. The maximum Gasteiger partial charge on any atom is 0.336 e. The molecule has 0 bridgehead atoms. The minimum absolute atomic E-state index is 0.0918. The van der Waals surface area contributed by atoms with Crippen molar-refractivity contribution in [2.75, 3.05) is 0 Å². The Morgan fingerprint density at radius 2 is 1.72 bits per heavy atom. The van der Waals surface area contributed by atoms with Crippen LogP contribution in [0.3, 0.4) is 0 Å². The Kier molecular flexibility index (Phi) is 6.97. The summed E-state index contributed by atoms with van der Waals surface area (Å²) in [5, 5.41) is 9.45. The molecule has 3 aromatic rings. The second-order valence-electron chi connectivity index (χ2n) is 8.09. The first-order valence-electron chi connectivity index (χ1n) is 10.7. The van der Waals surface area contributed by atoms with Gasteiger partial charge in [-0.05, 0) is 68.0 Å². The van der Waals surface area contributed by atoms with Crippen molar-refractivity contribution in [2.45, 2.75) is 58.0 Å². The molecule has 1 fully saturated rings. The molecule has 2 aromatic carbocycles. The molecule has 1 aliphatic rings. The van der Waals surface area contributed by atoms with E-state index >= 15 is 0 Å². The number of carboxylic acid groups (broad SMARTS) is 1. The maximum atomic E-state index is 13.1. The van der Waals surface area contributed by atoms with Crippen LogP contribution in [0.1, 0.15) is 52.9 Å². The molecule has 0 saturated heterocycles. The molecule has 1 heterocycles. The summed E-state index contributed by atoms with van der Waals surface area (Å²) in [6.07, 6.45) is 5.23. The van der Waals surface area contributed by atoms with E-state index in [1.165, 1.54) is 12.1 Å². The second-order valence-corrected chi connectivity index (χ2v) is 8.09. The van der Waals surface area contributed by atoms with Crippen molar-refractivity contribution in [1.29, 1.82) is 0 Å². The molecule has 7 heteroatoms. The van der Waals surface area contributed by atoms with Gasteiger partial charge in [-0.15, -0.1) is 0 Å². The van der Waals surface area contributed by atoms with Crippen LogP contribution in [0.15, 0.2) is 53.1 Å². The van der Waals surface area contributed by atoms with Gasteiger partial charge in [-0.3, -0.25) is 0 Å². The summed E-state index contributed by atoms with van der Waals surface area (Å²) in [6.45, 7) is 2.45. The Bertz CT molecular complexity index is 1050. The number of aromatic nitrogens is 1. The summed E-state index contributed by atoms with van der Waals surface area (Å²) in [5.41, 5.74) is 3.19. The third-order valence-electron chi connectivity index (χ3n) is 5.78. The van der Waals surface area contributed by atoms with Crippen LogP contribution in [-0.4, -0.2) is 28.3 Å². The van der Waals surface area contributed by atoms with Gasteiger partial charge in [-0.2, -0.15) is 0 Å². The minimum Gasteiger partial charge on any atom is -0.478 e. The van der Waals surface area contributed by atoms with Crippen molar-refractivity contribution in [3.05, 3.63) is 76.9 Å². The van der Waals surface area contributed by atoms with E-state index in [0.29, 0.717) is 35.9 Å². The van der Waals surface area contributed by atoms with Crippen molar-refractivity contribution in [1.82, 2.24) is 4.98 Å². The Balaban J connectivity index is 1.23. The summed E-state index contributed by atoms with van der Waals surface area (Å²) in [5.74, 6) is -0.781. The highest BCUT2D eigenvalue weighted by Gasteiger charge is 2.23. The second kappa shape index (κ2) is 10.1. The van der Waals surface area contributed by atoms with Crippen LogP contribution in [0, 0.1) is 12.7 Å². The molecule has 0 spiro atoms. The molecule has 1 N–H and O–H groups in total. The number of benzene rings is 2. The predicted octanol–water partition coefficient (Wildman–Crippen LogP) is 5.53. The molecule has 4 rings (SSSR count). The van der Waals surface area contributed by atoms with Gasteiger partial charge in [0, 0.05) is 5.56 Å². The number of aromatic carboxylic acids is 1. The van der Waals surface area contributed by atoms with E-state index in [1.807, 2.05) is 12.1 Å². The number of carboxylic acids is 1. The van der Waals surface area contributed by atoms with Gasteiger partial charge in [0.2, 0.25) is 5.89 Å². The molecule has 0 radical (unpaired) electrons. The summed E-state index contributed by atoms with van der Waals surface area (Å²) in [6, 6.07) is 11.5. The van der Waals surface area contributed by atoms with E-state index in [-0.39, 0.29) is 18.0 Å². The van der Waals surface area contributed by atoms with Gasteiger partial charge < -0.3 is 19.0 Å². The number of halogens is 1. The zero-order valence-electron chi connectivity index (χ0n) is 17.9. The largest absolute Gasteiger partial charge is 0.478 e. The number of aryl methyl sites for hydroxylation is 1. The smallest absolute Gasteiger partial charge is 0.336 e. The fourth-order valence-corrected chi connectivity index (χ4v) is 4.03. The monoisotopic (exact) mass is 439 g/mol. The predicted molar refractivity (Wildman–Crippen MR) is 116 cm³/mol. The fourth-order valence-electron chi connectivity index (χ4n) is 4.03. The van der Waals surface area contributed by atoms with Gasteiger partial charge in [0.1, 0.15) is 17.8 Å². The van der Waals surface area contributed by atoms with Crippen LogP contribution in [0.25, 0.3) is 11.5 Å². The highest BCUT2D eigenvalue weighted by Crippen LogP contribution is 2.26. The van der Waals surface area contributed by atoms with Gasteiger partial charge in [0.15, 0.2) is 0 Å². The highest BCUT2D eigenvalue weighted by atomic mass is 19.1. The normalized spacial score (nSPS) is 18.6. The molecular weight excluding hydrogens is 413 g/mol. The zero-order valence-corrected chi connectivity index (χ0v) is 17.9. The number of carbonyl (C=O) groups is 1. The molecule has 1 aliphatic carbocycles. The Labute approximate surface area is 186 Å². The van der Waals surface area contributed by atoms with Crippen molar-refractivity contribution >= 4 is 5.97 Å². The molecule has 0 aliphatic heterocycles. The van der Waals surface area contributed by atoms with Crippen LogP contribution >= 0.6 is 0 Å². The van der Waals surface area contributed by atoms with E-state index in [0.717, 1.165) is 36.8 Å². The lowest BCUT2D eigenvalue weighted by molar-refractivity contribution is -0.0427. The van der Waals surface area contributed by atoms with Gasteiger partial charge in [0.25, 0.3) is 0 Å². The van der Waals surface area contributed by atoms with Crippen molar-refractivity contribution < 1.29 is 28.2 Å². The zero-order chi connectivity index (χ0) is 22.5. The van der Waals surface area contributed by atoms with Crippen LogP contribution in [-0.2, 0) is 22.7 Å². The molecule has 168 valence electrons. The van der Waals surface area contributed by atoms with Crippen molar-refractivity contribution in [2.24, 2.45) is 0 Å². The Morgan fingerprint density at radius 3 is 2.38 bits per heavy atom. The summed E-state index contributed by atoms with van der Waals surface area (Å²) < 4.78 is 30.6. The number of ether oxygens (including phenoxy) is 2. The van der Waals surface area contributed by atoms with E-state index in [4.69, 9.17) is 13.9 Å². The van der Waals surface area contributed by atoms with Crippen LogP contribution in [0.5, 0.6) is 0 Å². The quantitative estimate of drug-likeness (QED) is 0.497. The molecule has 0 amide bonds. The summed E-state index contributed by atoms with van der Waals surface area (Å²) >= 11 is 0. The van der Waals surface area contributed by atoms with Crippen molar-refractivity contribution in [3.63, 3.8) is 0 Å². The van der Waals surface area contributed by atoms with Crippen LogP contribution in [0.2, 0.25) is 0 Å². The van der Waals surface area contributed by atoms with E-state index in [2.05, 4.69) is 4.98 Å². The van der Waals surface area contributed by atoms with Gasteiger partial charge >= 0.3 is 5.97 Å². The first-order chi connectivity index (χ1) is 15.5. The SMILES string of the molecule is Cc1cccc(COC2CCC(OCc3coc(-c4ccc(F)cc4)n3)CC2)c1C(=O)O. The molecule has 1 aromatic heterocycles. The first kappa shape index (κ1) is 22.2. The average molecular weight is 439 g/mol. The Morgan fingerprint density at radius 1 is 1.06 bits per heavy atom. The molecule has 32 heavy (non-hydrogen) atoms. The topological polar surface area (TPSA) is 81.8 Å². The Hall–Kier alpha value is -3.03. The molecule has 6 nitrogen and oxygen atoms in total. The lowest BCUT2D eigenvalue weighted by atomic mass is 9.94. The molecule has 1 saturated carbocycles. The third kappa shape index (κ3) is 5.41. The third-order valence-corrected chi connectivity index (χ3v) is 5.78. The van der Waals surface area contributed by atoms with E-state index in [1.54, 1.807) is 31.4 Å². The molecular formula is C25H26FNO5. The molecule has 0 unspecified atom stereocenters. The minimum atomic E-state index is -0.922. The first-order valence-corrected chi connectivity index (χ1v) is 10.7. The highest BCUT2D eigenvalue weighted by molar-refractivity contribution is 5.91. The van der Waals surface area contributed by atoms with E-state index < -0.39 is 5.97 Å². The van der Waals surface area contributed by atoms with E-state index in [9.17, 15) is 14.3 Å². The van der Waals surface area contributed by atoms with Gasteiger partial charge in [-0.1, -0.05) is 18.2 Å².